The van der Waals surface area contributed by atoms with Crippen molar-refractivity contribution in [2.45, 2.75) is 0 Å². The molecule has 0 spiro atoms. The summed E-state index contributed by atoms with van der Waals surface area (Å²) in [6.07, 6.45) is 3.38. The van der Waals surface area contributed by atoms with Gasteiger partial charge in [-0.05, 0) is 12.1 Å². The van der Waals surface area contributed by atoms with Crippen LogP contribution < -0.4 is 0 Å². The molecule has 2 aromatic heterocycles. The molecule has 3 rings (SSSR count). The molecule has 21 heavy (non-hydrogen) atoms. The van der Waals surface area contributed by atoms with Gasteiger partial charge in [-0.15, -0.1) is 0 Å². The lowest BCUT2D eigenvalue weighted by molar-refractivity contribution is 0.0610. The number of amides is 1. The number of aromatic nitrogens is 2. The zero-order valence-electron chi connectivity index (χ0n) is 11.6. The largest absolute Gasteiger partial charge is 0.504 e. The number of hydrogen-bond donors (Lipinski definition) is 2. The highest BCUT2D eigenvalue weighted by Crippen LogP contribution is 2.18. The van der Waals surface area contributed by atoms with E-state index in [1.807, 2.05) is 0 Å². The van der Waals surface area contributed by atoms with Crippen LogP contribution in [0, 0.1) is 0 Å². The number of aliphatic hydroxyl groups is 1. The molecule has 0 unspecified atom stereocenters. The lowest BCUT2D eigenvalue weighted by Gasteiger charge is -2.33. The van der Waals surface area contributed by atoms with Crippen molar-refractivity contribution in [3.63, 3.8) is 0 Å². The summed E-state index contributed by atoms with van der Waals surface area (Å²) < 4.78 is 1.64. The highest BCUT2D eigenvalue weighted by Gasteiger charge is 2.23. The third kappa shape index (κ3) is 2.70. The molecule has 7 heteroatoms. The maximum atomic E-state index is 12.4. The normalized spacial score (nSPS) is 16.5. The topological polar surface area (TPSA) is 81.3 Å². The van der Waals surface area contributed by atoms with E-state index in [1.165, 1.54) is 0 Å². The molecule has 0 saturated carbocycles. The minimum atomic E-state index is -0.123. The first-order valence-corrected chi connectivity index (χ1v) is 6.98. The summed E-state index contributed by atoms with van der Waals surface area (Å²) in [6.45, 7) is 3.54. The van der Waals surface area contributed by atoms with E-state index in [9.17, 15) is 9.90 Å². The lowest BCUT2D eigenvalue weighted by Crippen LogP contribution is -2.49. The minimum absolute atomic E-state index is 0.0596. The Kier molecular flexibility index (Phi) is 3.76. The average molecular weight is 290 g/mol. The van der Waals surface area contributed by atoms with E-state index in [0.717, 1.165) is 13.1 Å². The van der Waals surface area contributed by atoms with Gasteiger partial charge in [0.05, 0.1) is 6.61 Å². The Morgan fingerprint density at radius 2 is 2.05 bits per heavy atom. The molecule has 2 N–H and O–H groups in total. The smallest absolute Gasteiger partial charge is 0.274 e. The highest BCUT2D eigenvalue weighted by molar-refractivity contribution is 5.93. The van der Waals surface area contributed by atoms with Crippen LogP contribution in [0.5, 0.6) is 5.75 Å². The molecule has 0 bridgehead atoms. The molecule has 0 radical (unpaired) electrons. The Morgan fingerprint density at radius 1 is 1.29 bits per heavy atom. The summed E-state index contributed by atoms with van der Waals surface area (Å²) in [6, 6.07) is 3.25. The van der Waals surface area contributed by atoms with Crippen molar-refractivity contribution in [1.29, 1.82) is 0 Å². The first-order valence-electron chi connectivity index (χ1n) is 6.98. The molecular weight excluding hydrogens is 272 g/mol. The average Bonchev–Trinajstić information content (AvgIpc) is 2.93. The predicted octanol–water partition coefficient (Wildman–Crippen LogP) is -0.210. The van der Waals surface area contributed by atoms with Crippen molar-refractivity contribution in [1.82, 2.24) is 19.2 Å². The van der Waals surface area contributed by atoms with Crippen LogP contribution in [0.15, 0.2) is 24.5 Å². The van der Waals surface area contributed by atoms with Crippen molar-refractivity contribution >= 4 is 11.6 Å². The lowest BCUT2D eigenvalue weighted by atomic mass is 10.3. The molecule has 1 aliphatic heterocycles. The minimum Gasteiger partial charge on any atom is -0.504 e. The second-order valence-corrected chi connectivity index (χ2v) is 5.11. The molecule has 1 fully saturated rings. The number of rotatable bonds is 3. The van der Waals surface area contributed by atoms with E-state index in [0.29, 0.717) is 31.0 Å². The molecule has 7 nitrogen and oxygen atoms in total. The van der Waals surface area contributed by atoms with E-state index in [-0.39, 0.29) is 18.3 Å². The third-order valence-electron chi connectivity index (χ3n) is 3.76. The van der Waals surface area contributed by atoms with E-state index in [1.54, 1.807) is 33.8 Å². The van der Waals surface area contributed by atoms with Gasteiger partial charge < -0.3 is 19.5 Å². The number of imidazole rings is 1. The summed E-state index contributed by atoms with van der Waals surface area (Å²) in [5, 5.41) is 18.7. The van der Waals surface area contributed by atoms with Gasteiger partial charge in [-0.1, -0.05) is 0 Å². The first kappa shape index (κ1) is 13.8. The number of carbonyl (C=O) groups excluding carboxylic acids is 1. The number of pyridine rings is 1. The first-order chi connectivity index (χ1) is 10.2. The number of aromatic hydroxyl groups is 1. The zero-order chi connectivity index (χ0) is 14.8. The maximum Gasteiger partial charge on any atom is 0.274 e. The fraction of sp³-hybridized carbons (Fsp3) is 0.429. The van der Waals surface area contributed by atoms with Crippen LogP contribution >= 0.6 is 0 Å². The van der Waals surface area contributed by atoms with E-state index >= 15 is 0 Å². The monoisotopic (exact) mass is 290 g/mol. The van der Waals surface area contributed by atoms with Crippen LogP contribution in [0.1, 0.15) is 10.5 Å². The molecule has 0 aliphatic carbocycles. The van der Waals surface area contributed by atoms with E-state index in [4.69, 9.17) is 5.11 Å². The predicted molar refractivity (Wildman–Crippen MR) is 76.3 cm³/mol. The molecule has 112 valence electrons. The van der Waals surface area contributed by atoms with Crippen LogP contribution in [0.3, 0.4) is 0 Å². The zero-order valence-corrected chi connectivity index (χ0v) is 11.6. The van der Waals surface area contributed by atoms with Crippen molar-refractivity contribution in [2.24, 2.45) is 0 Å². The number of β-amino-alcohol motifs (C(OH)–C–C–N with tert-alkyl or cyclic N) is 1. The van der Waals surface area contributed by atoms with Crippen LogP contribution in [-0.4, -0.2) is 74.6 Å². The molecule has 1 aliphatic rings. The van der Waals surface area contributed by atoms with Gasteiger partial charge >= 0.3 is 0 Å². The van der Waals surface area contributed by atoms with E-state index in [2.05, 4.69) is 9.88 Å². The van der Waals surface area contributed by atoms with Gasteiger partial charge in [0.1, 0.15) is 5.69 Å². The van der Waals surface area contributed by atoms with Crippen molar-refractivity contribution in [3.8, 4) is 5.75 Å². The second kappa shape index (κ2) is 5.71. The number of fused-ring (bicyclic) bond motifs is 1. The number of hydrogen-bond acceptors (Lipinski definition) is 5. The Hall–Kier alpha value is -2.12. The van der Waals surface area contributed by atoms with Gasteiger partial charge in [0.15, 0.2) is 11.4 Å². The second-order valence-electron chi connectivity index (χ2n) is 5.11. The summed E-state index contributed by atoms with van der Waals surface area (Å²) in [7, 11) is 0. The fourth-order valence-corrected chi connectivity index (χ4v) is 2.58. The van der Waals surface area contributed by atoms with Crippen molar-refractivity contribution < 1.29 is 15.0 Å². The Bertz CT molecular complexity index is 647. The van der Waals surface area contributed by atoms with Crippen molar-refractivity contribution in [3.05, 3.63) is 30.2 Å². The number of piperazine rings is 1. The summed E-state index contributed by atoms with van der Waals surface area (Å²) in [5.41, 5.74) is 0.729. The van der Waals surface area contributed by atoms with Crippen LogP contribution in [0.2, 0.25) is 0 Å². The quantitative estimate of drug-likeness (QED) is 0.817. The number of aliphatic hydroxyl groups excluding tert-OH is 1. The number of carbonyl (C=O) groups is 1. The molecule has 0 atom stereocenters. The SMILES string of the molecule is O=C(c1cn2cccc(O)c2n1)N1CCN(CCO)CC1. The van der Waals surface area contributed by atoms with Gasteiger partial charge in [-0.2, -0.15) is 0 Å². The molecule has 1 saturated heterocycles. The van der Waals surface area contributed by atoms with Gasteiger partial charge in [-0.25, -0.2) is 4.98 Å². The maximum absolute atomic E-state index is 12.4. The van der Waals surface area contributed by atoms with Gasteiger partial charge in [-0.3, -0.25) is 9.69 Å². The van der Waals surface area contributed by atoms with E-state index < -0.39 is 0 Å². The molecular formula is C14H18N4O3. The third-order valence-corrected chi connectivity index (χ3v) is 3.76. The van der Waals surface area contributed by atoms with Crippen LogP contribution in [0.25, 0.3) is 5.65 Å². The van der Waals surface area contributed by atoms with Gasteiger partial charge in [0, 0.05) is 45.1 Å². The summed E-state index contributed by atoms with van der Waals surface area (Å²) in [5.74, 6) is -0.0638. The summed E-state index contributed by atoms with van der Waals surface area (Å²) >= 11 is 0. The fourth-order valence-electron chi connectivity index (χ4n) is 2.58. The molecule has 1 amide bonds. The Morgan fingerprint density at radius 3 is 2.71 bits per heavy atom. The number of nitrogens with zero attached hydrogens (tertiary/aromatic N) is 4. The van der Waals surface area contributed by atoms with Crippen molar-refractivity contribution in [2.75, 3.05) is 39.3 Å². The van der Waals surface area contributed by atoms with Gasteiger partial charge in [0.25, 0.3) is 5.91 Å². The standard InChI is InChI=1S/C14H18N4O3/c19-9-8-16-4-6-17(7-5-16)14(21)11-10-18-3-1-2-12(20)13(18)15-11/h1-3,10,19-20H,4-9H2. The summed E-state index contributed by atoms with van der Waals surface area (Å²) in [4.78, 5) is 20.5. The highest BCUT2D eigenvalue weighted by atomic mass is 16.3. The Balaban J connectivity index is 1.74. The van der Waals surface area contributed by atoms with Gasteiger partial charge in [0.2, 0.25) is 0 Å². The Labute approximate surface area is 122 Å². The molecule has 3 heterocycles. The molecule has 0 aromatic carbocycles. The molecule has 2 aromatic rings. The van der Waals surface area contributed by atoms with Crippen LogP contribution in [0.4, 0.5) is 0 Å². The van der Waals surface area contributed by atoms with Crippen LogP contribution in [-0.2, 0) is 0 Å².